The molecule has 0 radical (unpaired) electrons. The molecule has 3 unspecified atom stereocenters. The van der Waals surface area contributed by atoms with E-state index in [-0.39, 0.29) is 24.5 Å². The molecule has 3 atom stereocenters. The first kappa shape index (κ1) is 15.4. The number of nitrogens with zero attached hydrogens (tertiary/aromatic N) is 1. The molecule has 0 aliphatic carbocycles. The molecule has 0 amide bonds. The third-order valence-corrected chi connectivity index (χ3v) is 4.16. The minimum absolute atomic E-state index is 0.0495. The van der Waals surface area contributed by atoms with Crippen LogP contribution in [0.4, 0.5) is 4.39 Å². The molecule has 1 aliphatic heterocycles. The van der Waals surface area contributed by atoms with Gasteiger partial charge in [-0.15, -0.1) is 0 Å². The Hall–Kier alpha value is -0.970. The van der Waals surface area contributed by atoms with Gasteiger partial charge in [-0.1, -0.05) is 12.1 Å². The fourth-order valence-corrected chi connectivity index (χ4v) is 3.35. The molecule has 112 valence electrons. The Balaban J connectivity index is 2.19. The smallest absolute Gasteiger partial charge is 0.123 e. The maximum atomic E-state index is 13.5. The van der Waals surface area contributed by atoms with Crippen LogP contribution in [0.25, 0.3) is 0 Å². The molecule has 3 N–H and O–H groups in total. The maximum absolute atomic E-state index is 13.5. The number of aliphatic hydroxyl groups is 1. The topological polar surface area (TPSA) is 49.5 Å². The summed E-state index contributed by atoms with van der Waals surface area (Å²) in [6, 6.07) is 7.21. The predicted octanol–water partition coefficient (Wildman–Crippen LogP) is 2.45. The van der Waals surface area contributed by atoms with Gasteiger partial charge in [-0.05, 0) is 56.8 Å². The van der Waals surface area contributed by atoms with E-state index in [9.17, 15) is 4.39 Å². The van der Waals surface area contributed by atoms with Crippen LogP contribution in [0.1, 0.15) is 44.2 Å². The summed E-state index contributed by atoms with van der Waals surface area (Å²) in [5.41, 5.74) is 7.13. The van der Waals surface area contributed by atoms with Gasteiger partial charge in [0.15, 0.2) is 0 Å². The first-order valence-electron chi connectivity index (χ1n) is 7.51. The molecule has 1 heterocycles. The predicted molar refractivity (Wildman–Crippen MR) is 78.8 cm³/mol. The van der Waals surface area contributed by atoms with Crippen LogP contribution >= 0.6 is 0 Å². The van der Waals surface area contributed by atoms with Gasteiger partial charge in [0.25, 0.3) is 0 Å². The highest BCUT2D eigenvalue weighted by Crippen LogP contribution is 2.33. The summed E-state index contributed by atoms with van der Waals surface area (Å²) in [6.07, 6.45) is 4.08. The lowest BCUT2D eigenvalue weighted by Crippen LogP contribution is -2.42. The first-order valence-corrected chi connectivity index (χ1v) is 7.51. The van der Waals surface area contributed by atoms with E-state index in [0.29, 0.717) is 6.04 Å². The highest BCUT2D eigenvalue weighted by atomic mass is 19.1. The summed E-state index contributed by atoms with van der Waals surface area (Å²) in [5, 5.41) is 9.02. The van der Waals surface area contributed by atoms with Gasteiger partial charge in [0.1, 0.15) is 5.82 Å². The molecule has 0 aromatic heterocycles. The zero-order valence-electron chi connectivity index (χ0n) is 12.1. The van der Waals surface area contributed by atoms with Gasteiger partial charge in [0.05, 0.1) is 0 Å². The van der Waals surface area contributed by atoms with Crippen LogP contribution in [-0.2, 0) is 0 Å². The summed E-state index contributed by atoms with van der Waals surface area (Å²) in [6.45, 7) is 3.21. The van der Waals surface area contributed by atoms with Crippen molar-refractivity contribution in [2.45, 2.75) is 50.7 Å². The third-order valence-electron chi connectivity index (χ3n) is 4.16. The standard InChI is InChI=1S/C16H25FN2O/c1-12(18)16(13-5-2-6-14(17)11-13)19-9-3-7-15(19)8-4-10-20/h2,5-6,11-12,15-16,20H,3-4,7-10,18H2,1H3. The number of aliphatic hydroxyl groups excluding tert-OH is 1. The fourth-order valence-electron chi connectivity index (χ4n) is 3.35. The number of hydrogen-bond acceptors (Lipinski definition) is 3. The number of rotatable bonds is 6. The lowest BCUT2D eigenvalue weighted by Gasteiger charge is -2.36. The van der Waals surface area contributed by atoms with E-state index in [1.165, 1.54) is 6.07 Å². The lowest BCUT2D eigenvalue weighted by molar-refractivity contribution is 0.145. The molecular weight excluding hydrogens is 255 g/mol. The Kier molecular flexibility index (Phi) is 5.52. The van der Waals surface area contributed by atoms with Crippen molar-refractivity contribution in [3.8, 4) is 0 Å². The normalized spacial score (nSPS) is 22.9. The van der Waals surface area contributed by atoms with Crippen molar-refractivity contribution in [2.24, 2.45) is 5.73 Å². The van der Waals surface area contributed by atoms with E-state index < -0.39 is 0 Å². The van der Waals surface area contributed by atoms with Crippen molar-refractivity contribution < 1.29 is 9.50 Å². The second-order valence-corrected chi connectivity index (χ2v) is 5.76. The lowest BCUT2D eigenvalue weighted by atomic mass is 9.97. The van der Waals surface area contributed by atoms with E-state index in [4.69, 9.17) is 10.8 Å². The van der Waals surface area contributed by atoms with Crippen LogP contribution in [0.15, 0.2) is 24.3 Å². The van der Waals surface area contributed by atoms with Crippen LogP contribution in [0.2, 0.25) is 0 Å². The molecular formula is C16H25FN2O. The van der Waals surface area contributed by atoms with Gasteiger partial charge in [-0.2, -0.15) is 0 Å². The van der Waals surface area contributed by atoms with E-state index >= 15 is 0 Å². The van der Waals surface area contributed by atoms with E-state index in [0.717, 1.165) is 37.8 Å². The Bertz CT molecular complexity index is 425. The molecule has 2 rings (SSSR count). The average molecular weight is 280 g/mol. The Labute approximate surface area is 120 Å². The molecule has 1 saturated heterocycles. The van der Waals surface area contributed by atoms with Gasteiger partial charge in [-0.3, -0.25) is 4.90 Å². The molecule has 0 saturated carbocycles. The van der Waals surface area contributed by atoms with Crippen LogP contribution in [0.3, 0.4) is 0 Å². The molecule has 4 heteroatoms. The number of likely N-dealkylation sites (tertiary alicyclic amines) is 1. The van der Waals surface area contributed by atoms with Crippen molar-refractivity contribution in [2.75, 3.05) is 13.2 Å². The quantitative estimate of drug-likeness (QED) is 0.841. The average Bonchev–Trinajstić information content (AvgIpc) is 2.84. The highest BCUT2D eigenvalue weighted by molar-refractivity contribution is 5.22. The first-order chi connectivity index (χ1) is 9.63. The number of benzene rings is 1. The largest absolute Gasteiger partial charge is 0.396 e. The van der Waals surface area contributed by atoms with Crippen molar-refractivity contribution in [1.82, 2.24) is 4.90 Å². The maximum Gasteiger partial charge on any atom is 0.123 e. The monoisotopic (exact) mass is 280 g/mol. The van der Waals surface area contributed by atoms with Gasteiger partial charge >= 0.3 is 0 Å². The van der Waals surface area contributed by atoms with Crippen molar-refractivity contribution >= 4 is 0 Å². The van der Waals surface area contributed by atoms with Gasteiger partial charge in [0, 0.05) is 24.7 Å². The Morgan fingerprint density at radius 3 is 2.95 bits per heavy atom. The van der Waals surface area contributed by atoms with Crippen LogP contribution < -0.4 is 5.73 Å². The molecule has 1 fully saturated rings. The molecule has 1 aliphatic rings. The molecule has 1 aromatic carbocycles. The minimum atomic E-state index is -0.209. The zero-order chi connectivity index (χ0) is 14.5. The molecule has 1 aromatic rings. The van der Waals surface area contributed by atoms with Gasteiger partial charge < -0.3 is 10.8 Å². The SMILES string of the molecule is CC(N)C(c1cccc(F)c1)N1CCCC1CCCO. The van der Waals surface area contributed by atoms with Crippen LogP contribution in [-0.4, -0.2) is 35.2 Å². The van der Waals surface area contributed by atoms with Gasteiger partial charge in [0.2, 0.25) is 0 Å². The summed E-state index contributed by atoms with van der Waals surface area (Å²) in [4.78, 5) is 2.40. The summed E-state index contributed by atoms with van der Waals surface area (Å²) >= 11 is 0. The number of hydrogen-bond donors (Lipinski definition) is 2. The third kappa shape index (κ3) is 3.57. The minimum Gasteiger partial charge on any atom is -0.396 e. The van der Waals surface area contributed by atoms with E-state index in [2.05, 4.69) is 4.90 Å². The second kappa shape index (κ2) is 7.16. The van der Waals surface area contributed by atoms with Crippen LogP contribution in [0.5, 0.6) is 0 Å². The van der Waals surface area contributed by atoms with E-state index in [1.54, 1.807) is 12.1 Å². The Morgan fingerprint density at radius 2 is 2.30 bits per heavy atom. The molecule has 0 bridgehead atoms. The van der Waals surface area contributed by atoms with Crippen molar-refractivity contribution in [3.63, 3.8) is 0 Å². The zero-order valence-corrected chi connectivity index (χ0v) is 12.1. The molecule has 20 heavy (non-hydrogen) atoms. The van der Waals surface area contributed by atoms with Crippen LogP contribution in [0, 0.1) is 5.82 Å². The summed E-state index contributed by atoms with van der Waals surface area (Å²) in [7, 11) is 0. The molecule has 3 nitrogen and oxygen atoms in total. The summed E-state index contributed by atoms with van der Waals surface area (Å²) in [5.74, 6) is -0.209. The van der Waals surface area contributed by atoms with E-state index in [1.807, 2.05) is 13.0 Å². The second-order valence-electron chi connectivity index (χ2n) is 5.76. The fraction of sp³-hybridized carbons (Fsp3) is 0.625. The summed E-state index contributed by atoms with van der Waals surface area (Å²) < 4.78 is 13.5. The van der Waals surface area contributed by atoms with Crippen molar-refractivity contribution in [1.29, 1.82) is 0 Å². The molecule has 0 spiro atoms. The van der Waals surface area contributed by atoms with Crippen molar-refractivity contribution in [3.05, 3.63) is 35.6 Å². The number of nitrogens with two attached hydrogens (primary N) is 1. The highest BCUT2D eigenvalue weighted by Gasteiger charge is 2.33. The Morgan fingerprint density at radius 1 is 1.50 bits per heavy atom. The number of halogens is 1. The van der Waals surface area contributed by atoms with Gasteiger partial charge in [-0.25, -0.2) is 4.39 Å².